The van der Waals surface area contributed by atoms with Crippen LogP contribution in [-0.4, -0.2) is 24.5 Å². The first-order chi connectivity index (χ1) is 10.2. The third-order valence-electron chi connectivity index (χ3n) is 3.86. The van der Waals surface area contributed by atoms with Gasteiger partial charge in [-0.2, -0.15) is 0 Å². The van der Waals surface area contributed by atoms with Crippen molar-refractivity contribution in [3.8, 4) is 11.3 Å². The average Bonchev–Trinajstić information content (AvgIpc) is 2.88. The van der Waals surface area contributed by atoms with Gasteiger partial charge in [0.2, 0.25) is 0 Å². The summed E-state index contributed by atoms with van der Waals surface area (Å²) in [4.78, 5) is 13.7. The lowest BCUT2D eigenvalue weighted by Crippen LogP contribution is -2.31. The van der Waals surface area contributed by atoms with Crippen molar-refractivity contribution in [1.29, 1.82) is 0 Å². The standard InChI is InChI=1S/C16H18FNO3/c17-13-6-4-12(5-7-13)15-14(20-16(19)21-15)8-11-18-9-2-1-3-10-18/h4-7H,1-3,8-11H2. The highest BCUT2D eigenvalue weighted by Crippen LogP contribution is 2.24. The van der Waals surface area contributed by atoms with E-state index in [1.165, 1.54) is 31.4 Å². The molecule has 21 heavy (non-hydrogen) atoms. The predicted octanol–water partition coefficient (Wildman–Crippen LogP) is 3.07. The molecule has 1 fully saturated rings. The van der Waals surface area contributed by atoms with Gasteiger partial charge in [0.25, 0.3) is 0 Å². The zero-order chi connectivity index (χ0) is 14.7. The maximum Gasteiger partial charge on any atom is 0.519 e. The lowest BCUT2D eigenvalue weighted by atomic mass is 10.1. The topological polar surface area (TPSA) is 46.6 Å². The molecule has 0 unspecified atom stereocenters. The van der Waals surface area contributed by atoms with E-state index in [2.05, 4.69) is 4.90 Å². The van der Waals surface area contributed by atoms with E-state index in [0.717, 1.165) is 19.6 Å². The zero-order valence-electron chi connectivity index (χ0n) is 11.8. The van der Waals surface area contributed by atoms with Gasteiger partial charge in [0.15, 0.2) is 11.5 Å². The molecule has 3 rings (SSSR count). The lowest BCUT2D eigenvalue weighted by molar-refractivity contribution is 0.226. The molecule has 1 aliphatic heterocycles. The Morgan fingerprint density at radius 1 is 1.05 bits per heavy atom. The van der Waals surface area contributed by atoms with Crippen molar-refractivity contribution in [3.05, 3.63) is 46.5 Å². The van der Waals surface area contributed by atoms with Gasteiger partial charge < -0.3 is 13.7 Å². The first-order valence-corrected chi connectivity index (χ1v) is 7.33. The minimum absolute atomic E-state index is 0.320. The quantitative estimate of drug-likeness (QED) is 0.868. The summed E-state index contributed by atoms with van der Waals surface area (Å²) >= 11 is 0. The van der Waals surface area contributed by atoms with Crippen LogP contribution in [0.4, 0.5) is 4.39 Å². The summed E-state index contributed by atoms with van der Waals surface area (Å²) in [6.07, 6.45) is 4.36. The average molecular weight is 291 g/mol. The monoisotopic (exact) mass is 291 g/mol. The van der Waals surface area contributed by atoms with Crippen molar-refractivity contribution in [2.45, 2.75) is 25.7 Å². The van der Waals surface area contributed by atoms with Crippen LogP contribution in [0.5, 0.6) is 0 Å². The van der Waals surface area contributed by atoms with Gasteiger partial charge in [0.05, 0.1) is 0 Å². The molecule has 0 spiro atoms. The third kappa shape index (κ3) is 3.42. The largest absolute Gasteiger partial charge is 0.519 e. The Kier molecular flexibility index (Phi) is 4.20. The van der Waals surface area contributed by atoms with Gasteiger partial charge >= 0.3 is 5.82 Å². The van der Waals surface area contributed by atoms with E-state index in [9.17, 15) is 9.18 Å². The number of rotatable bonds is 4. The summed E-state index contributed by atoms with van der Waals surface area (Å²) in [5.74, 6) is -0.0726. The van der Waals surface area contributed by atoms with E-state index in [-0.39, 0.29) is 5.82 Å². The van der Waals surface area contributed by atoms with Crippen LogP contribution in [0.1, 0.15) is 25.0 Å². The minimum Gasteiger partial charge on any atom is -0.395 e. The van der Waals surface area contributed by atoms with E-state index in [1.54, 1.807) is 12.1 Å². The van der Waals surface area contributed by atoms with Gasteiger partial charge in [-0.1, -0.05) is 6.42 Å². The Morgan fingerprint density at radius 3 is 2.48 bits per heavy atom. The summed E-state index contributed by atoms with van der Waals surface area (Å²) in [6.45, 7) is 3.03. The van der Waals surface area contributed by atoms with E-state index < -0.39 is 5.82 Å². The number of benzene rings is 1. The van der Waals surface area contributed by atoms with Crippen molar-refractivity contribution in [2.24, 2.45) is 0 Å². The summed E-state index contributed by atoms with van der Waals surface area (Å²) < 4.78 is 23.2. The molecular weight excluding hydrogens is 273 g/mol. The van der Waals surface area contributed by atoms with Crippen molar-refractivity contribution >= 4 is 0 Å². The van der Waals surface area contributed by atoms with Crippen molar-refractivity contribution in [2.75, 3.05) is 19.6 Å². The fourth-order valence-electron chi connectivity index (χ4n) is 2.74. The van der Waals surface area contributed by atoms with E-state index in [1.807, 2.05) is 0 Å². The van der Waals surface area contributed by atoms with Crippen LogP contribution >= 0.6 is 0 Å². The highest BCUT2D eigenvalue weighted by atomic mass is 19.1. The highest BCUT2D eigenvalue weighted by molar-refractivity contribution is 5.58. The lowest BCUT2D eigenvalue weighted by Gasteiger charge is -2.25. The second kappa shape index (κ2) is 6.26. The number of hydrogen-bond acceptors (Lipinski definition) is 4. The molecule has 1 aromatic heterocycles. The molecule has 112 valence electrons. The Hall–Kier alpha value is -1.88. The number of halogens is 1. The Bertz CT molecular complexity index is 638. The molecule has 2 aromatic rings. The number of hydrogen-bond donors (Lipinski definition) is 0. The van der Waals surface area contributed by atoms with Crippen LogP contribution in [-0.2, 0) is 6.42 Å². The normalized spacial score (nSPS) is 16.2. The molecule has 0 bridgehead atoms. The van der Waals surface area contributed by atoms with Crippen molar-refractivity contribution in [3.63, 3.8) is 0 Å². The van der Waals surface area contributed by atoms with Crippen LogP contribution < -0.4 is 5.82 Å². The molecule has 0 aliphatic carbocycles. The number of nitrogens with zero attached hydrogens (tertiary/aromatic N) is 1. The number of piperidine rings is 1. The molecule has 1 aromatic carbocycles. The zero-order valence-corrected chi connectivity index (χ0v) is 11.8. The Morgan fingerprint density at radius 2 is 1.76 bits per heavy atom. The first-order valence-electron chi connectivity index (χ1n) is 7.33. The molecule has 4 nitrogen and oxygen atoms in total. The number of likely N-dealkylation sites (tertiary alicyclic amines) is 1. The second-order valence-corrected chi connectivity index (χ2v) is 5.37. The fourth-order valence-corrected chi connectivity index (χ4v) is 2.74. The van der Waals surface area contributed by atoms with Crippen molar-refractivity contribution < 1.29 is 13.2 Å². The van der Waals surface area contributed by atoms with Crippen LogP contribution in [0.15, 0.2) is 37.9 Å². The molecule has 0 atom stereocenters. The summed E-state index contributed by atoms with van der Waals surface area (Å²) in [5, 5.41) is 0. The summed E-state index contributed by atoms with van der Waals surface area (Å²) in [7, 11) is 0. The van der Waals surface area contributed by atoms with Gasteiger partial charge in [0.1, 0.15) is 5.82 Å². The second-order valence-electron chi connectivity index (χ2n) is 5.37. The SMILES string of the molecule is O=c1oc(CCN2CCCCC2)c(-c2ccc(F)cc2)o1. The maximum atomic E-state index is 13.0. The fraction of sp³-hybridized carbons (Fsp3) is 0.438. The molecule has 0 radical (unpaired) electrons. The minimum atomic E-state index is -0.706. The van der Waals surface area contributed by atoms with E-state index in [0.29, 0.717) is 23.5 Å². The van der Waals surface area contributed by atoms with Crippen LogP contribution in [0, 0.1) is 5.82 Å². The van der Waals surface area contributed by atoms with Crippen LogP contribution in [0.2, 0.25) is 0 Å². The molecular formula is C16H18FNO3. The summed E-state index contributed by atoms with van der Waals surface area (Å²) in [5.41, 5.74) is 0.663. The van der Waals surface area contributed by atoms with Gasteiger partial charge in [-0.15, -0.1) is 0 Å². The molecule has 5 heteroatoms. The van der Waals surface area contributed by atoms with E-state index in [4.69, 9.17) is 8.83 Å². The van der Waals surface area contributed by atoms with Gasteiger partial charge in [-0.05, 0) is 50.2 Å². The molecule has 1 aliphatic rings. The van der Waals surface area contributed by atoms with Gasteiger partial charge in [0, 0.05) is 18.5 Å². The summed E-state index contributed by atoms with van der Waals surface area (Å²) in [6, 6.07) is 5.87. The van der Waals surface area contributed by atoms with Crippen molar-refractivity contribution in [1.82, 2.24) is 4.90 Å². The molecule has 0 amide bonds. The van der Waals surface area contributed by atoms with E-state index >= 15 is 0 Å². The highest BCUT2D eigenvalue weighted by Gasteiger charge is 2.17. The smallest absolute Gasteiger partial charge is 0.395 e. The Labute approximate surface area is 122 Å². The Balaban J connectivity index is 1.75. The first kappa shape index (κ1) is 14.1. The molecule has 2 heterocycles. The molecule has 0 N–H and O–H groups in total. The molecule has 0 saturated carbocycles. The predicted molar refractivity (Wildman–Crippen MR) is 76.6 cm³/mol. The third-order valence-corrected chi connectivity index (χ3v) is 3.86. The van der Waals surface area contributed by atoms with Crippen LogP contribution in [0.3, 0.4) is 0 Å². The molecule has 1 saturated heterocycles. The van der Waals surface area contributed by atoms with Gasteiger partial charge in [-0.25, -0.2) is 9.18 Å². The maximum absolute atomic E-state index is 13.0. The van der Waals surface area contributed by atoms with Gasteiger partial charge in [-0.3, -0.25) is 0 Å². The van der Waals surface area contributed by atoms with Crippen LogP contribution in [0.25, 0.3) is 11.3 Å².